The number of carbonyl (C=O) groups is 1. The van der Waals surface area contributed by atoms with Gasteiger partial charge in [0, 0.05) is 30.5 Å². The molecule has 6 heteroatoms. The highest BCUT2D eigenvalue weighted by molar-refractivity contribution is 7.09. The third kappa shape index (κ3) is 5.89. The molecule has 0 radical (unpaired) electrons. The quantitative estimate of drug-likeness (QED) is 0.595. The molecule has 1 N–H and O–H groups in total. The lowest BCUT2D eigenvalue weighted by Crippen LogP contribution is -2.40. The van der Waals surface area contributed by atoms with E-state index in [1.165, 1.54) is 17.1 Å². The van der Waals surface area contributed by atoms with Gasteiger partial charge in [0.1, 0.15) is 5.82 Å². The van der Waals surface area contributed by atoms with Gasteiger partial charge in [-0.05, 0) is 24.5 Å². The molecule has 3 rings (SSSR count). The van der Waals surface area contributed by atoms with Crippen LogP contribution < -0.4 is 10.2 Å². The SMILES string of the molecule is CCC(C)NC(=O)CN(Cc1ccccc1)c1nc(Cc2ccccc2)ns1. The predicted octanol–water partition coefficient (Wildman–Crippen LogP) is 4.05. The first kappa shape index (κ1) is 20.0. The summed E-state index contributed by atoms with van der Waals surface area (Å²) in [6.07, 6.45) is 1.60. The molecule has 0 saturated heterocycles. The van der Waals surface area contributed by atoms with Crippen LogP contribution in [-0.4, -0.2) is 27.9 Å². The molecule has 0 fully saturated rings. The Morgan fingerprint density at radius 2 is 1.71 bits per heavy atom. The fraction of sp³-hybridized carbons (Fsp3) is 0.318. The average molecular weight is 395 g/mol. The lowest BCUT2D eigenvalue weighted by molar-refractivity contribution is -0.120. The summed E-state index contributed by atoms with van der Waals surface area (Å²) in [6.45, 7) is 4.96. The zero-order valence-corrected chi connectivity index (χ0v) is 17.2. The van der Waals surface area contributed by atoms with Gasteiger partial charge < -0.3 is 10.2 Å². The van der Waals surface area contributed by atoms with E-state index in [0.29, 0.717) is 13.0 Å². The van der Waals surface area contributed by atoms with Gasteiger partial charge in [0.25, 0.3) is 0 Å². The minimum atomic E-state index is 0.00471. The predicted molar refractivity (Wildman–Crippen MR) is 115 cm³/mol. The molecule has 2 aromatic carbocycles. The number of carbonyl (C=O) groups excluding carboxylic acids is 1. The van der Waals surface area contributed by atoms with E-state index in [1.54, 1.807) is 0 Å². The van der Waals surface area contributed by atoms with Crippen molar-refractivity contribution in [3.63, 3.8) is 0 Å². The van der Waals surface area contributed by atoms with Gasteiger partial charge in [-0.3, -0.25) is 4.79 Å². The zero-order valence-electron chi connectivity index (χ0n) is 16.3. The molecule has 5 nitrogen and oxygen atoms in total. The average Bonchev–Trinajstić information content (AvgIpc) is 3.17. The van der Waals surface area contributed by atoms with Crippen molar-refractivity contribution < 1.29 is 4.79 Å². The smallest absolute Gasteiger partial charge is 0.239 e. The summed E-state index contributed by atoms with van der Waals surface area (Å²) in [7, 11) is 0. The molecule has 3 aromatic rings. The molecule has 1 aromatic heterocycles. The van der Waals surface area contributed by atoms with E-state index in [4.69, 9.17) is 4.98 Å². The molecule has 0 saturated carbocycles. The molecule has 1 atom stereocenters. The molecular formula is C22H26N4OS. The van der Waals surface area contributed by atoms with E-state index >= 15 is 0 Å². The van der Waals surface area contributed by atoms with Gasteiger partial charge in [0.05, 0.1) is 6.54 Å². The van der Waals surface area contributed by atoms with Gasteiger partial charge in [-0.15, -0.1) is 0 Å². The molecule has 0 bridgehead atoms. The fourth-order valence-electron chi connectivity index (χ4n) is 2.81. The minimum absolute atomic E-state index is 0.00471. The van der Waals surface area contributed by atoms with E-state index in [-0.39, 0.29) is 18.5 Å². The van der Waals surface area contributed by atoms with Crippen LogP contribution in [0.2, 0.25) is 0 Å². The van der Waals surface area contributed by atoms with Crippen LogP contribution in [0.5, 0.6) is 0 Å². The maximum absolute atomic E-state index is 12.5. The van der Waals surface area contributed by atoms with E-state index < -0.39 is 0 Å². The lowest BCUT2D eigenvalue weighted by Gasteiger charge is -2.22. The van der Waals surface area contributed by atoms with Crippen molar-refractivity contribution in [1.29, 1.82) is 0 Å². The molecular weight excluding hydrogens is 368 g/mol. The number of hydrogen-bond donors (Lipinski definition) is 1. The summed E-state index contributed by atoms with van der Waals surface area (Å²) in [5, 5.41) is 3.81. The van der Waals surface area contributed by atoms with Crippen molar-refractivity contribution in [3.05, 3.63) is 77.6 Å². The standard InChI is InChI=1S/C22H26N4OS/c1-3-17(2)23-21(27)16-26(15-19-12-8-5-9-13-19)22-24-20(25-28-22)14-18-10-6-4-7-11-18/h4-13,17H,3,14-16H2,1-2H3,(H,23,27). The Morgan fingerprint density at radius 3 is 2.36 bits per heavy atom. The third-order valence-electron chi connectivity index (χ3n) is 4.50. The van der Waals surface area contributed by atoms with Crippen molar-refractivity contribution in [2.24, 2.45) is 0 Å². The Kier molecular flexibility index (Phi) is 7.14. The molecule has 28 heavy (non-hydrogen) atoms. The Bertz CT molecular complexity index is 867. The van der Waals surface area contributed by atoms with Gasteiger partial charge in [0.2, 0.25) is 11.0 Å². The van der Waals surface area contributed by atoms with Gasteiger partial charge in [-0.2, -0.15) is 4.37 Å². The van der Waals surface area contributed by atoms with E-state index in [1.807, 2.05) is 48.2 Å². The molecule has 146 valence electrons. The molecule has 0 aliphatic rings. The number of amides is 1. The van der Waals surface area contributed by atoms with Crippen LogP contribution in [0.3, 0.4) is 0 Å². The van der Waals surface area contributed by atoms with Crippen LogP contribution in [0.15, 0.2) is 60.7 Å². The van der Waals surface area contributed by atoms with Crippen LogP contribution in [0.4, 0.5) is 5.13 Å². The number of nitrogens with one attached hydrogen (secondary N) is 1. The van der Waals surface area contributed by atoms with Crippen molar-refractivity contribution in [2.45, 2.75) is 39.3 Å². The third-order valence-corrected chi connectivity index (χ3v) is 5.32. The summed E-state index contributed by atoms with van der Waals surface area (Å²) in [5.74, 6) is 0.789. The Labute approximate surface area is 170 Å². The van der Waals surface area contributed by atoms with Crippen molar-refractivity contribution in [2.75, 3.05) is 11.4 Å². The highest BCUT2D eigenvalue weighted by Gasteiger charge is 2.18. The summed E-state index contributed by atoms with van der Waals surface area (Å²) in [6, 6.07) is 20.5. The highest BCUT2D eigenvalue weighted by atomic mass is 32.1. The molecule has 1 amide bonds. The van der Waals surface area contributed by atoms with E-state index in [0.717, 1.165) is 22.9 Å². The van der Waals surface area contributed by atoms with Gasteiger partial charge >= 0.3 is 0 Å². The number of hydrogen-bond acceptors (Lipinski definition) is 5. The van der Waals surface area contributed by atoms with Crippen molar-refractivity contribution in [1.82, 2.24) is 14.7 Å². The second kappa shape index (κ2) is 9.99. The number of nitrogens with zero attached hydrogens (tertiary/aromatic N) is 3. The number of benzene rings is 2. The molecule has 0 aliphatic carbocycles. The number of rotatable bonds is 9. The monoisotopic (exact) mass is 394 g/mol. The zero-order chi connectivity index (χ0) is 19.8. The largest absolute Gasteiger partial charge is 0.352 e. The molecule has 0 aliphatic heterocycles. The topological polar surface area (TPSA) is 58.1 Å². The summed E-state index contributed by atoms with van der Waals surface area (Å²) in [5.41, 5.74) is 2.31. The van der Waals surface area contributed by atoms with Crippen molar-refractivity contribution in [3.8, 4) is 0 Å². The summed E-state index contributed by atoms with van der Waals surface area (Å²) < 4.78 is 4.52. The van der Waals surface area contributed by atoms with Crippen LogP contribution in [0, 0.1) is 0 Å². The summed E-state index contributed by atoms with van der Waals surface area (Å²) >= 11 is 1.35. The van der Waals surface area contributed by atoms with Crippen LogP contribution in [0.1, 0.15) is 37.2 Å². The first-order valence-electron chi connectivity index (χ1n) is 9.58. The summed E-state index contributed by atoms with van der Waals surface area (Å²) in [4.78, 5) is 19.2. The maximum atomic E-state index is 12.5. The van der Waals surface area contributed by atoms with Crippen LogP contribution in [0.25, 0.3) is 0 Å². The van der Waals surface area contributed by atoms with Crippen LogP contribution in [-0.2, 0) is 17.8 Å². The minimum Gasteiger partial charge on any atom is -0.352 e. The van der Waals surface area contributed by atoms with E-state index in [9.17, 15) is 4.79 Å². The molecule has 1 heterocycles. The van der Waals surface area contributed by atoms with Gasteiger partial charge in [-0.1, -0.05) is 67.6 Å². The number of anilines is 1. The Balaban J connectivity index is 1.75. The first-order chi connectivity index (χ1) is 13.6. The van der Waals surface area contributed by atoms with Crippen LogP contribution >= 0.6 is 11.5 Å². The maximum Gasteiger partial charge on any atom is 0.239 e. The van der Waals surface area contributed by atoms with E-state index in [2.05, 4.69) is 40.9 Å². The Morgan fingerprint density at radius 1 is 1.07 bits per heavy atom. The van der Waals surface area contributed by atoms with Crippen molar-refractivity contribution >= 4 is 22.6 Å². The van der Waals surface area contributed by atoms with Gasteiger partial charge in [0.15, 0.2) is 0 Å². The number of aromatic nitrogens is 2. The lowest BCUT2D eigenvalue weighted by atomic mass is 10.1. The Hall–Kier alpha value is -2.73. The normalized spacial score (nSPS) is 11.8. The second-order valence-corrected chi connectivity index (χ2v) is 7.60. The highest BCUT2D eigenvalue weighted by Crippen LogP contribution is 2.21. The van der Waals surface area contributed by atoms with Gasteiger partial charge in [-0.25, -0.2) is 4.98 Å². The molecule has 1 unspecified atom stereocenters. The molecule has 0 spiro atoms. The first-order valence-corrected chi connectivity index (χ1v) is 10.4. The fourth-order valence-corrected chi connectivity index (χ4v) is 3.50. The second-order valence-electron chi connectivity index (χ2n) is 6.87.